The molecule has 0 radical (unpaired) electrons. The minimum atomic E-state index is -3.55. The highest BCUT2D eigenvalue weighted by Gasteiger charge is 2.29. The predicted octanol–water partition coefficient (Wildman–Crippen LogP) is 4.13. The molecular weight excluding hydrogens is 374 g/mol. The highest BCUT2D eigenvalue weighted by molar-refractivity contribution is 7.89. The molecule has 2 aromatic carbocycles. The first-order chi connectivity index (χ1) is 13.4. The molecule has 2 heterocycles. The average molecular weight is 398 g/mol. The number of nitrogens with zero attached hydrogens (tertiary/aromatic N) is 3. The summed E-state index contributed by atoms with van der Waals surface area (Å²) in [7, 11) is -3.55. The van der Waals surface area contributed by atoms with E-state index >= 15 is 0 Å². The lowest BCUT2D eigenvalue weighted by Gasteiger charge is -2.29. The van der Waals surface area contributed by atoms with Gasteiger partial charge in [0, 0.05) is 24.2 Å². The van der Waals surface area contributed by atoms with Crippen molar-refractivity contribution in [3.05, 3.63) is 54.1 Å². The molecule has 1 aliphatic rings. The summed E-state index contributed by atoms with van der Waals surface area (Å²) in [6, 6.07) is 14.7. The number of hydrogen-bond donors (Lipinski definition) is 0. The number of piperidine rings is 1. The molecule has 0 atom stereocenters. The average Bonchev–Trinajstić information content (AvgIpc) is 3.19. The molecular formula is C21H23N3O3S. The van der Waals surface area contributed by atoms with E-state index in [9.17, 15) is 8.42 Å². The van der Waals surface area contributed by atoms with E-state index in [1.165, 1.54) is 0 Å². The summed E-state index contributed by atoms with van der Waals surface area (Å²) < 4.78 is 33.7. The van der Waals surface area contributed by atoms with Crippen molar-refractivity contribution in [1.82, 2.24) is 14.5 Å². The third kappa shape index (κ3) is 3.59. The van der Waals surface area contributed by atoms with Gasteiger partial charge in [0.05, 0.1) is 4.90 Å². The molecule has 1 fully saturated rings. The maximum atomic E-state index is 13.2. The smallest absolute Gasteiger partial charge is 0.248 e. The van der Waals surface area contributed by atoms with Crippen molar-refractivity contribution >= 4 is 10.0 Å². The predicted molar refractivity (Wildman–Crippen MR) is 107 cm³/mol. The van der Waals surface area contributed by atoms with Crippen molar-refractivity contribution in [2.24, 2.45) is 5.92 Å². The van der Waals surface area contributed by atoms with E-state index in [1.807, 2.05) is 43.3 Å². The second-order valence-corrected chi connectivity index (χ2v) is 9.25. The maximum Gasteiger partial charge on any atom is 0.248 e. The van der Waals surface area contributed by atoms with Crippen LogP contribution in [0.2, 0.25) is 0 Å². The minimum absolute atomic E-state index is 0.305. The van der Waals surface area contributed by atoms with E-state index < -0.39 is 10.0 Å². The molecule has 7 heteroatoms. The molecule has 0 bridgehead atoms. The number of hydrogen-bond acceptors (Lipinski definition) is 5. The van der Waals surface area contributed by atoms with Gasteiger partial charge in [0.1, 0.15) is 0 Å². The molecule has 0 spiro atoms. The standard InChI is InChI=1S/C21H23N3O3S/c1-15-10-12-24(13-11-15)28(25,26)19-14-18(9-8-16(19)2)21-23-22-20(27-21)17-6-4-3-5-7-17/h3-9,14-15H,10-13H2,1-2H3. The maximum absolute atomic E-state index is 13.2. The molecule has 1 saturated heterocycles. The Hall–Kier alpha value is -2.51. The van der Waals surface area contributed by atoms with Crippen LogP contribution in [0.4, 0.5) is 0 Å². The fourth-order valence-electron chi connectivity index (χ4n) is 3.41. The Morgan fingerprint density at radius 2 is 1.61 bits per heavy atom. The zero-order valence-corrected chi connectivity index (χ0v) is 16.8. The van der Waals surface area contributed by atoms with Crippen LogP contribution in [-0.4, -0.2) is 36.0 Å². The van der Waals surface area contributed by atoms with Gasteiger partial charge in [-0.05, 0) is 55.5 Å². The van der Waals surface area contributed by atoms with Gasteiger partial charge in [0.25, 0.3) is 0 Å². The van der Waals surface area contributed by atoms with Crippen LogP contribution < -0.4 is 0 Å². The number of rotatable bonds is 4. The van der Waals surface area contributed by atoms with Gasteiger partial charge in [-0.1, -0.05) is 31.2 Å². The van der Waals surface area contributed by atoms with Gasteiger partial charge in [-0.25, -0.2) is 8.42 Å². The van der Waals surface area contributed by atoms with Crippen molar-refractivity contribution in [3.63, 3.8) is 0 Å². The molecule has 0 amide bonds. The van der Waals surface area contributed by atoms with Crippen molar-refractivity contribution in [2.75, 3.05) is 13.1 Å². The highest BCUT2D eigenvalue weighted by Crippen LogP contribution is 2.30. The van der Waals surface area contributed by atoms with Crippen LogP contribution in [0, 0.1) is 12.8 Å². The van der Waals surface area contributed by atoms with Crippen molar-refractivity contribution in [3.8, 4) is 22.9 Å². The zero-order chi connectivity index (χ0) is 19.7. The van der Waals surface area contributed by atoms with Crippen LogP contribution in [0.5, 0.6) is 0 Å². The van der Waals surface area contributed by atoms with Crippen molar-refractivity contribution in [1.29, 1.82) is 0 Å². The first-order valence-corrected chi connectivity index (χ1v) is 10.9. The van der Waals surface area contributed by atoms with Gasteiger partial charge >= 0.3 is 0 Å². The quantitative estimate of drug-likeness (QED) is 0.661. The lowest BCUT2D eigenvalue weighted by molar-refractivity contribution is 0.288. The lowest BCUT2D eigenvalue weighted by atomic mass is 10.0. The van der Waals surface area contributed by atoms with Gasteiger partial charge in [-0.2, -0.15) is 4.31 Å². The molecule has 0 saturated carbocycles. The molecule has 3 aromatic rings. The molecule has 1 aliphatic heterocycles. The Morgan fingerprint density at radius 1 is 0.964 bits per heavy atom. The third-order valence-electron chi connectivity index (χ3n) is 5.24. The van der Waals surface area contributed by atoms with Crippen LogP contribution in [-0.2, 0) is 10.0 Å². The summed E-state index contributed by atoms with van der Waals surface area (Å²) in [6.45, 7) is 5.10. The fourth-order valence-corrected chi connectivity index (χ4v) is 5.13. The molecule has 0 N–H and O–H groups in total. The second kappa shape index (κ2) is 7.48. The number of benzene rings is 2. The highest BCUT2D eigenvalue weighted by atomic mass is 32.2. The van der Waals surface area contributed by atoms with Crippen LogP contribution in [0.25, 0.3) is 22.9 Å². The Kier molecular flexibility index (Phi) is 5.03. The number of sulfonamides is 1. The molecule has 1 aromatic heterocycles. The van der Waals surface area contributed by atoms with E-state index in [2.05, 4.69) is 17.1 Å². The van der Waals surface area contributed by atoms with E-state index in [0.29, 0.717) is 46.8 Å². The fraction of sp³-hybridized carbons (Fsp3) is 0.333. The molecule has 146 valence electrons. The summed E-state index contributed by atoms with van der Waals surface area (Å²) in [6.07, 6.45) is 1.78. The first-order valence-electron chi connectivity index (χ1n) is 9.45. The summed E-state index contributed by atoms with van der Waals surface area (Å²) >= 11 is 0. The second-order valence-electron chi connectivity index (χ2n) is 7.35. The third-order valence-corrected chi connectivity index (χ3v) is 7.28. The van der Waals surface area contributed by atoms with Gasteiger partial charge in [-0.15, -0.1) is 10.2 Å². The molecule has 0 aliphatic carbocycles. The van der Waals surface area contributed by atoms with E-state index in [4.69, 9.17) is 4.42 Å². The van der Waals surface area contributed by atoms with Gasteiger partial charge in [0.15, 0.2) is 0 Å². The normalized spacial score (nSPS) is 16.4. The molecule has 28 heavy (non-hydrogen) atoms. The van der Waals surface area contributed by atoms with Crippen molar-refractivity contribution in [2.45, 2.75) is 31.6 Å². The summed E-state index contributed by atoms with van der Waals surface area (Å²) in [5.41, 5.74) is 2.14. The van der Waals surface area contributed by atoms with E-state index in [0.717, 1.165) is 18.4 Å². The summed E-state index contributed by atoms with van der Waals surface area (Å²) in [5, 5.41) is 8.21. The lowest BCUT2D eigenvalue weighted by Crippen LogP contribution is -2.38. The summed E-state index contributed by atoms with van der Waals surface area (Å²) in [4.78, 5) is 0.305. The van der Waals surface area contributed by atoms with Gasteiger partial charge in [-0.3, -0.25) is 0 Å². The Balaban J connectivity index is 1.67. The minimum Gasteiger partial charge on any atom is -0.416 e. The number of aryl methyl sites for hydroxylation is 1. The van der Waals surface area contributed by atoms with Crippen molar-refractivity contribution < 1.29 is 12.8 Å². The largest absolute Gasteiger partial charge is 0.416 e. The number of aromatic nitrogens is 2. The van der Waals surface area contributed by atoms with Crippen LogP contribution in [0.1, 0.15) is 25.3 Å². The van der Waals surface area contributed by atoms with E-state index in [-0.39, 0.29) is 0 Å². The Bertz CT molecular complexity index is 1070. The monoisotopic (exact) mass is 397 g/mol. The van der Waals surface area contributed by atoms with Crippen LogP contribution >= 0.6 is 0 Å². The Morgan fingerprint density at radius 3 is 2.29 bits per heavy atom. The molecule has 0 unspecified atom stereocenters. The summed E-state index contributed by atoms with van der Waals surface area (Å²) in [5.74, 6) is 1.28. The first kappa shape index (κ1) is 18.8. The topological polar surface area (TPSA) is 76.3 Å². The zero-order valence-electron chi connectivity index (χ0n) is 16.0. The molecule has 6 nitrogen and oxygen atoms in total. The van der Waals surface area contributed by atoms with Gasteiger partial charge in [0.2, 0.25) is 21.8 Å². The van der Waals surface area contributed by atoms with Crippen LogP contribution in [0.3, 0.4) is 0 Å². The molecule has 4 rings (SSSR count). The van der Waals surface area contributed by atoms with Gasteiger partial charge < -0.3 is 4.42 Å². The van der Waals surface area contributed by atoms with E-state index in [1.54, 1.807) is 16.4 Å². The Labute approximate surface area is 165 Å². The SMILES string of the molecule is Cc1ccc(-c2nnc(-c3ccccc3)o2)cc1S(=O)(=O)N1CCC(C)CC1. The van der Waals surface area contributed by atoms with Crippen LogP contribution in [0.15, 0.2) is 57.8 Å².